The molecule has 0 aliphatic carbocycles. The summed E-state index contributed by atoms with van der Waals surface area (Å²) in [5, 5.41) is 2.96. The van der Waals surface area contributed by atoms with Crippen LogP contribution in [0.5, 0.6) is 0 Å². The van der Waals surface area contributed by atoms with Gasteiger partial charge in [-0.1, -0.05) is 30.3 Å². The van der Waals surface area contributed by atoms with Gasteiger partial charge in [-0.2, -0.15) is 0 Å². The van der Waals surface area contributed by atoms with E-state index in [1.807, 2.05) is 55.1 Å². The molecule has 1 N–H and O–H groups in total. The number of carbonyl (C=O) groups is 2. The molecule has 5 rings (SSSR count). The zero-order valence-corrected chi connectivity index (χ0v) is 21.1. The summed E-state index contributed by atoms with van der Waals surface area (Å²) < 4.78 is 11.3. The van der Waals surface area contributed by atoms with E-state index in [1.165, 1.54) is 11.3 Å². The first kappa shape index (κ1) is 24.1. The number of fused-ring (bicyclic) bond motifs is 1. The molecule has 1 saturated heterocycles. The van der Waals surface area contributed by atoms with Crippen molar-refractivity contribution in [2.75, 3.05) is 18.0 Å². The maximum absolute atomic E-state index is 12.9. The third-order valence-corrected chi connectivity index (χ3v) is 7.00. The molecule has 3 atom stereocenters. The summed E-state index contributed by atoms with van der Waals surface area (Å²) in [5.74, 6) is 0.103. The Kier molecular flexibility index (Phi) is 6.83. The van der Waals surface area contributed by atoms with E-state index in [4.69, 9.17) is 9.15 Å². The van der Waals surface area contributed by atoms with Gasteiger partial charge in [0.15, 0.2) is 5.76 Å². The maximum Gasteiger partial charge on any atom is 0.287 e. The van der Waals surface area contributed by atoms with Crippen molar-refractivity contribution in [3.05, 3.63) is 88.9 Å². The Hall–Kier alpha value is -3.58. The standard InChI is InChI=1S/C29H33N3O4/c1-19-14-24-6-4-5-7-26(24)32(19)18-25-12-13-35-27(25)28(33)30-15-22-8-10-23(11-9-22)29(34)31-16-20(2)36-21(3)17-31/h4-13,19-21H,14-18H2,1-3H3,(H,30,33). The van der Waals surface area contributed by atoms with E-state index in [9.17, 15) is 9.59 Å². The Labute approximate surface area is 212 Å². The van der Waals surface area contributed by atoms with E-state index in [1.54, 1.807) is 6.26 Å². The summed E-state index contributed by atoms with van der Waals surface area (Å²) in [6, 6.07) is 18.0. The van der Waals surface area contributed by atoms with Gasteiger partial charge in [0.25, 0.3) is 11.8 Å². The molecular formula is C29H33N3O4. The highest BCUT2D eigenvalue weighted by molar-refractivity contribution is 5.94. The first-order chi connectivity index (χ1) is 17.4. The fourth-order valence-electron chi connectivity index (χ4n) is 5.27. The van der Waals surface area contributed by atoms with Crippen LogP contribution in [0.1, 0.15) is 58.4 Å². The quantitative estimate of drug-likeness (QED) is 0.558. The number of hydrogen-bond donors (Lipinski definition) is 1. The number of ether oxygens (including phenoxy) is 1. The van der Waals surface area contributed by atoms with Crippen molar-refractivity contribution in [1.82, 2.24) is 10.2 Å². The smallest absolute Gasteiger partial charge is 0.287 e. The second kappa shape index (κ2) is 10.2. The predicted octanol–water partition coefficient (Wildman–Crippen LogP) is 4.41. The lowest BCUT2D eigenvalue weighted by molar-refractivity contribution is -0.0586. The van der Waals surface area contributed by atoms with E-state index in [2.05, 4.69) is 35.3 Å². The monoisotopic (exact) mass is 487 g/mol. The van der Waals surface area contributed by atoms with Gasteiger partial charge in [-0.25, -0.2) is 0 Å². The van der Waals surface area contributed by atoms with Crippen LogP contribution in [-0.4, -0.2) is 48.1 Å². The lowest BCUT2D eigenvalue weighted by atomic mass is 10.1. The number of benzene rings is 2. The van der Waals surface area contributed by atoms with Crippen molar-refractivity contribution in [3.8, 4) is 0 Å². The van der Waals surface area contributed by atoms with Crippen LogP contribution in [0.15, 0.2) is 65.3 Å². The van der Waals surface area contributed by atoms with Gasteiger partial charge in [0.1, 0.15) is 0 Å². The fourth-order valence-corrected chi connectivity index (χ4v) is 5.27. The average Bonchev–Trinajstić information content (AvgIpc) is 3.46. The highest BCUT2D eigenvalue weighted by Gasteiger charge is 2.28. The molecule has 0 spiro atoms. The molecule has 3 unspecified atom stereocenters. The molecule has 2 aromatic carbocycles. The van der Waals surface area contributed by atoms with Crippen molar-refractivity contribution in [2.45, 2.75) is 58.5 Å². The molecule has 188 valence electrons. The second-order valence-electron chi connectivity index (χ2n) is 9.93. The van der Waals surface area contributed by atoms with Gasteiger partial charge in [-0.3, -0.25) is 9.59 Å². The first-order valence-corrected chi connectivity index (χ1v) is 12.6. The van der Waals surface area contributed by atoms with E-state index >= 15 is 0 Å². The maximum atomic E-state index is 12.9. The lowest BCUT2D eigenvalue weighted by Gasteiger charge is -2.35. The number of amides is 2. The molecule has 2 amide bonds. The summed E-state index contributed by atoms with van der Waals surface area (Å²) in [5.41, 5.74) is 4.97. The molecule has 3 heterocycles. The summed E-state index contributed by atoms with van der Waals surface area (Å²) in [6.07, 6.45) is 2.63. The molecule has 7 heteroatoms. The van der Waals surface area contributed by atoms with Gasteiger partial charge in [0.2, 0.25) is 0 Å². The molecule has 3 aromatic rings. The number of nitrogens with one attached hydrogen (secondary N) is 1. The normalized spacial score (nSPS) is 21.4. The van der Waals surface area contributed by atoms with Gasteiger partial charge in [-0.05, 0) is 62.6 Å². The summed E-state index contributed by atoms with van der Waals surface area (Å²) in [4.78, 5) is 30.0. The van der Waals surface area contributed by atoms with Crippen LogP contribution in [0.25, 0.3) is 0 Å². The Morgan fingerprint density at radius 2 is 1.69 bits per heavy atom. The Bertz CT molecular complexity index is 1230. The number of furan rings is 1. The lowest BCUT2D eigenvalue weighted by Crippen LogP contribution is -2.48. The molecule has 0 bridgehead atoms. The van der Waals surface area contributed by atoms with Gasteiger partial charge in [0.05, 0.1) is 18.5 Å². The zero-order chi connectivity index (χ0) is 25.2. The highest BCUT2D eigenvalue weighted by Crippen LogP contribution is 2.33. The molecule has 2 aliphatic rings. The van der Waals surface area contributed by atoms with Crippen LogP contribution in [-0.2, 0) is 24.2 Å². The van der Waals surface area contributed by atoms with Crippen molar-refractivity contribution in [3.63, 3.8) is 0 Å². The van der Waals surface area contributed by atoms with Crippen molar-refractivity contribution in [1.29, 1.82) is 0 Å². The SMILES string of the molecule is CC1CN(C(=O)c2ccc(CNC(=O)c3occc3CN3c4ccccc4CC3C)cc2)CC(C)O1. The molecule has 36 heavy (non-hydrogen) atoms. The van der Waals surface area contributed by atoms with Crippen LogP contribution in [0.4, 0.5) is 5.69 Å². The molecule has 0 radical (unpaired) electrons. The summed E-state index contributed by atoms with van der Waals surface area (Å²) >= 11 is 0. The van der Waals surface area contributed by atoms with Gasteiger partial charge < -0.3 is 24.3 Å². The van der Waals surface area contributed by atoms with Crippen LogP contribution in [0, 0.1) is 0 Å². The van der Waals surface area contributed by atoms with E-state index in [0.29, 0.717) is 43.5 Å². The Balaban J connectivity index is 1.19. The van der Waals surface area contributed by atoms with E-state index in [0.717, 1.165) is 17.5 Å². The average molecular weight is 488 g/mol. The first-order valence-electron chi connectivity index (χ1n) is 12.6. The molecule has 0 saturated carbocycles. The van der Waals surface area contributed by atoms with Gasteiger partial charge in [-0.15, -0.1) is 0 Å². The van der Waals surface area contributed by atoms with Crippen LogP contribution in [0.2, 0.25) is 0 Å². The number of rotatable bonds is 6. The molecule has 2 aliphatic heterocycles. The van der Waals surface area contributed by atoms with Crippen molar-refractivity contribution < 1.29 is 18.7 Å². The predicted molar refractivity (Wildman–Crippen MR) is 138 cm³/mol. The Morgan fingerprint density at radius 1 is 0.972 bits per heavy atom. The van der Waals surface area contributed by atoms with Crippen LogP contribution >= 0.6 is 0 Å². The number of nitrogens with zero attached hydrogens (tertiary/aromatic N) is 2. The fraction of sp³-hybridized carbons (Fsp3) is 0.379. The van der Waals surface area contributed by atoms with Crippen LogP contribution < -0.4 is 10.2 Å². The third-order valence-electron chi connectivity index (χ3n) is 7.00. The Morgan fingerprint density at radius 3 is 2.44 bits per heavy atom. The molecule has 1 aromatic heterocycles. The van der Waals surface area contributed by atoms with E-state index in [-0.39, 0.29) is 24.0 Å². The number of carbonyl (C=O) groups excluding carboxylic acids is 2. The van der Waals surface area contributed by atoms with Gasteiger partial charge in [0, 0.05) is 49.0 Å². The van der Waals surface area contributed by atoms with Crippen LogP contribution in [0.3, 0.4) is 0 Å². The summed E-state index contributed by atoms with van der Waals surface area (Å²) in [7, 11) is 0. The number of hydrogen-bond acceptors (Lipinski definition) is 5. The molecule has 7 nitrogen and oxygen atoms in total. The molecule has 1 fully saturated rings. The minimum atomic E-state index is -0.244. The largest absolute Gasteiger partial charge is 0.459 e. The number of anilines is 1. The van der Waals surface area contributed by atoms with Crippen molar-refractivity contribution >= 4 is 17.5 Å². The minimum absolute atomic E-state index is 0.00512. The highest BCUT2D eigenvalue weighted by atomic mass is 16.5. The second-order valence-corrected chi connectivity index (χ2v) is 9.93. The minimum Gasteiger partial charge on any atom is -0.459 e. The van der Waals surface area contributed by atoms with Gasteiger partial charge >= 0.3 is 0 Å². The zero-order valence-electron chi connectivity index (χ0n) is 21.1. The summed E-state index contributed by atoms with van der Waals surface area (Å²) in [6.45, 7) is 8.32. The third kappa shape index (κ3) is 5.02. The van der Waals surface area contributed by atoms with E-state index < -0.39 is 0 Å². The number of para-hydroxylation sites is 1. The number of morpholine rings is 1. The molecular weight excluding hydrogens is 454 g/mol. The topological polar surface area (TPSA) is 75.0 Å². The van der Waals surface area contributed by atoms with Crippen molar-refractivity contribution in [2.24, 2.45) is 0 Å².